The van der Waals surface area contributed by atoms with Gasteiger partial charge in [-0.3, -0.25) is 0 Å². The Morgan fingerprint density at radius 1 is 1.26 bits per heavy atom. The normalized spacial score (nSPS) is 19.1. The van der Waals surface area contributed by atoms with Crippen LogP contribution in [0.3, 0.4) is 0 Å². The molecule has 2 N–H and O–H groups in total. The Balaban J connectivity index is 2.58. The van der Waals surface area contributed by atoms with Crippen LogP contribution in [0.2, 0.25) is 0 Å². The van der Waals surface area contributed by atoms with Crippen molar-refractivity contribution in [3.05, 3.63) is 28.8 Å². The van der Waals surface area contributed by atoms with Crippen LogP contribution in [0, 0.1) is 6.92 Å². The van der Waals surface area contributed by atoms with Gasteiger partial charge in [0.1, 0.15) is 5.75 Å². The van der Waals surface area contributed by atoms with Gasteiger partial charge in [0.2, 0.25) is 0 Å². The molecule has 1 atom stereocenters. The van der Waals surface area contributed by atoms with Crippen molar-refractivity contribution < 1.29 is 4.74 Å². The van der Waals surface area contributed by atoms with Crippen molar-refractivity contribution in [2.24, 2.45) is 5.73 Å². The number of ether oxygens (including phenoxy) is 1. The highest BCUT2D eigenvalue weighted by Crippen LogP contribution is 2.52. The molecule has 1 aliphatic rings. The van der Waals surface area contributed by atoms with E-state index in [1.165, 1.54) is 29.5 Å². The molecule has 0 saturated heterocycles. The van der Waals surface area contributed by atoms with Crippen LogP contribution in [0.25, 0.3) is 0 Å². The molecule has 2 nitrogen and oxygen atoms in total. The predicted molar refractivity (Wildman–Crippen MR) is 81.0 cm³/mol. The number of hydrogen-bond donors (Lipinski definition) is 1. The molecule has 2 heteroatoms. The van der Waals surface area contributed by atoms with Crippen LogP contribution in [-0.4, -0.2) is 13.2 Å². The van der Waals surface area contributed by atoms with Gasteiger partial charge in [-0.2, -0.15) is 0 Å². The molecule has 1 saturated carbocycles. The number of methoxy groups -OCH3 is 1. The second-order valence-corrected chi connectivity index (χ2v) is 7.06. The van der Waals surface area contributed by atoms with Crippen LogP contribution in [0.4, 0.5) is 0 Å². The van der Waals surface area contributed by atoms with Crippen molar-refractivity contribution in [2.45, 2.75) is 64.3 Å². The Morgan fingerprint density at radius 3 is 2.21 bits per heavy atom. The quantitative estimate of drug-likeness (QED) is 0.901. The van der Waals surface area contributed by atoms with Gasteiger partial charge in [-0.1, -0.05) is 26.8 Å². The van der Waals surface area contributed by atoms with E-state index in [-0.39, 0.29) is 16.9 Å². The van der Waals surface area contributed by atoms with Gasteiger partial charge >= 0.3 is 0 Å². The Morgan fingerprint density at radius 2 is 1.84 bits per heavy atom. The number of aryl methyl sites for hydroxylation is 1. The summed E-state index contributed by atoms with van der Waals surface area (Å²) in [4.78, 5) is 0. The molecule has 1 aromatic rings. The summed E-state index contributed by atoms with van der Waals surface area (Å²) in [6.07, 6.45) is 2.42. The summed E-state index contributed by atoms with van der Waals surface area (Å²) in [5, 5.41) is 0. The zero-order valence-corrected chi connectivity index (χ0v) is 13.1. The van der Waals surface area contributed by atoms with Gasteiger partial charge in [-0.05, 0) is 54.9 Å². The van der Waals surface area contributed by atoms with Crippen molar-refractivity contribution >= 4 is 0 Å². The number of rotatable bonds is 3. The first-order valence-electron chi connectivity index (χ1n) is 7.17. The lowest BCUT2D eigenvalue weighted by atomic mass is 9.79. The number of nitrogens with two attached hydrogens (primary N) is 1. The maximum atomic E-state index is 6.23. The van der Waals surface area contributed by atoms with E-state index < -0.39 is 0 Å². The average Bonchev–Trinajstić information content (AvgIpc) is 3.08. The van der Waals surface area contributed by atoms with Crippen molar-refractivity contribution in [1.82, 2.24) is 0 Å². The number of hydrogen-bond acceptors (Lipinski definition) is 2. The first-order chi connectivity index (χ1) is 8.72. The van der Waals surface area contributed by atoms with Gasteiger partial charge in [-0.15, -0.1) is 0 Å². The molecule has 1 unspecified atom stereocenters. The van der Waals surface area contributed by atoms with Crippen LogP contribution in [-0.2, 0) is 10.8 Å². The lowest BCUT2D eigenvalue weighted by Crippen LogP contribution is -2.32. The molecule has 0 radical (unpaired) electrons. The minimum atomic E-state index is 0.0850. The molecule has 1 fully saturated rings. The first kappa shape index (κ1) is 14.4. The van der Waals surface area contributed by atoms with Crippen LogP contribution in [0.15, 0.2) is 12.1 Å². The van der Waals surface area contributed by atoms with Crippen LogP contribution < -0.4 is 10.5 Å². The van der Waals surface area contributed by atoms with Crippen LogP contribution in [0.1, 0.15) is 57.2 Å². The number of benzene rings is 1. The van der Waals surface area contributed by atoms with Gasteiger partial charge in [0.05, 0.1) is 7.11 Å². The molecule has 0 amide bonds. The molecule has 2 rings (SSSR count). The third-order valence-electron chi connectivity index (χ3n) is 4.55. The van der Waals surface area contributed by atoms with E-state index in [2.05, 4.69) is 46.8 Å². The Kier molecular flexibility index (Phi) is 3.42. The zero-order chi connectivity index (χ0) is 14.4. The summed E-state index contributed by atoms with van der Waals surface area (Å²) in [5.41, 5.74) is 10.5. The van der Waals surface area contributed by atoms with Gasteiger partial charge in [0.25, 0.3) is 0 Å². The summed E-state index contributed by atoms with van der Waals surface area (Å²) < 4.78 is 5.57. The highest BCUT2D eigenvalue weighted by Gasteiger charge is 2.48. The van der Waals surface area contributed by atoms with E-state index in [0.29, 0.717) is 0 Å². The summed E-state index contributed by atoms with van der Waals surface area (Å²) in [5.74, 6) is 0.995. The molecule has 1 aromatic carbocycles. The van der Waals surface area contributed by atoms with Gasteiger partial charge in [0.15, 0.2) is 0 Å². The molecule has 19 heavy (non-hydrogen) atoms. The molecular weight excluding hydrogens is 234 g/mol. The smallest absolute Gasteiger partial charge is 0.122 e. The molecule has 0 spiro atoms. The van der Waals surface area contributed by atoms with Crippen molar-refractivity contribution in [3.8, 4) is 5.75 Å². The Labute approximate surface area is 117 Å². The second kappa shape index (κ2) is 4.52. The predicted octanol–water partition coefficient (Wildman–Crippen LogP) is 3.68. The molecule has 0 heterocycles. The fourth-order valence-electron chi connectivity index (χ4n) is 3.08. The maximum Gasteiger partial charge on any atom is 0.122 e. The summed E-state index contributed by atoms with van der Waals surface area (Å²) in [7, 11) is 1.75. The fourth-order valence-corrected chi connectivity index (χ4v) is 3.08. The Bertz CT molecular complexity index is 479. The maximum absolute atomic E-state index is 6.23. The average molecular weight is 261 g/mol. The summed E-state index contributed by atoms with van der Waals surface area (Å²) in [6.45, 7) is 11.0. The van der Waals surface area contributed by atoms with E-state index in [9.17, 15) is 0 Å². The lowest BCUT2D eigenvalue weighted by Gasteiger charge is -2.28. The highest BCUT2D eigenvalue weighted by atomic mass is 16.5. The van der Waals surface area contributed by atoms with Gasteiger partial charge in [-0.25, -0.2) is 0 Å². The van der Waals surface area contributed by atoms with E-state index >= 15 is 0 Å². The standard InChI is InChI=1S/C17H27NO/c1-11-9-15(19-6)14(16(3,4)5)10-13(11)17(7-8-17)12(2)18/h9-10,12H,7-8,18H2,1-6H3. The molecule has 1 aliphatic carbocycles. The van der Waals surface area contributed by atoms with Gasteiger partial charge in [0, 0.05) is 11.5 Å². The monoisotopic (exact) mass is 261 g/mol. The van der Waals surface area contributed by atoms with Crippen LogP contribution in [0.5, 0.6) is 5.75 Å². The zero-order valence-electron chi connectivity index (χ0n) is 13.1. The third kappa shape index (κ3) is 2.38. The topological polar surface area (TPSA) is 35.2 Å². The van der Waals surface area contributed by atoms with Crippen molar-refractivity contribution in [3.63, 3.8) is 0 Å². The van der Waals surface area contributed by atoms with E-state index in [1.807, 2.05) is 0 Å². The van der Waals surface area contributed by atoms with Crippen molar-refractivity contribution in [1.29, 1.82) is 0 Å². The van der Waals surface area contributed by atoms with E-state index in [1.54, 1.807) is 7.11 Å². The van der Waals surface area contributed by atoms with Crippen LogP contribution >= 0.6 is 0 Å². The fraction of sp³-hybridized carbons (Fsp3) is 0.647. The minimum absolute atomic E-state index is 0.0850. The molecule has 0 aromatic heterocycles. The molecule has 0 bridgehead atoms. The van der Waals surface area contributed by atoms with E-state index in [0.717, 1.165) is 5.75 Å². The largest absolute Gasteiger partial charge is 0.496 e. The molecule has 0 aliphatic heterocycles. The highest BCUT2D eigenvalue weighted by molar-refractivity contribution is 5.50. The summed E-state index contributed by atoms with van der Waals surface area (Å²) in [6, 6.07) is 4.73. The minimum Gasteiger partial charge on any atom is -0.496 e. The molecule has 106 valence electrons. The lowest BCUT2D eigenvalue weighted by molar-refractivity contribution is 0.396. The van der Waals surface area contributed by atoms with E-state index in [4.69, 9.17) is 10.5 Å². The molecular formula is C17H27NO. The summed E-state index contributed by atoms with van der Waals surface area (Å²) >= 11 is 0. The third-order valence-corrected chi connectivity index (χ3v) is 4.55. The van der Waals surface area contributed by atoms with Crippen molar-refractivity contribution in [2.75, 3.05) is 7.11 Å². The first-order valence-corrected chi connectivity index (χ1v) is 7.17. The second-order valence-electron chi connectivity index (χ2n) is 7.06. The van der Waals surface area contributed by atoms with Gasteiger partial charge < -0.3 is 10.5 Å². The SMILES string of the molecule is COc1cc(C)c(C2(C(C)N)CC2)cc1C(C)(C)C. The Hall–Kier alpha value is -1.02.